The van der Waals surface area contributed by atoms with E-state index in [1.54, 1.807) is 0 Å². The van der Waals surface area contributed by atoms with Crippen molar-refractivity contribution in [2.45, 2.75) is 45.7 Å². The van der Waals surface area contributed by atoms with E-state index in [0.29, 0.717) is 37.8 Å². The van der Waals surface area contributed by atoms with Gasteiger partial charge in [-0.05, 0) is 56.0 Å². The van der Waals surface area contributed by atoms with Crippen molar-refractivity contribution in [3.05, 3.63) is 65.5 Å². The summed E-state index contributed by atoms with van der Waals surface area (Å²) in [6, 6.07) is 15.9. The number of carbonyl (C=O) groups excluding carboxylic acids is 2. The zero-order valence-electron chi connectivity index (χ0n) is 20.1. The number of carbonyl (C=O) groups is 2. The minimum atomic E-state index is -0.0779. The van der Waals surface area contributed by atoms with Crippen LogP contribution >= 0.6 is 0 Å². The average molecular weight is 474 g/mol. The standard InChI is InChI=1S/C27H31N5O3/c1-19-7-2-3-11-23(19)26-29-24(35-30-26)18-31-13-5-9-21(17-31)27(34)28-16-20-8-4-10-22(15-20)32-14-6-12-25(32)33/h2-4,7-8,10-11,15,21H,5-6,9,12-14,16-18H2,1H3,(H,28,34). The van der Waals surface area contributed by atoms with Gasteiger partial charge in [0.05, 0.1) is 12.5 Å². The Balaban J connectivity index is 1.15. The molecule has 2 saturated heterocycles. The monoisotopic (exact) mass is 473 g/mol. The highest BCUT2D eigenvalue weighted by Crippen LogP contribution is 2.24. The van der Waals surface area contributed by atoms with E-state index >= 15 is 0 Å². The molecule has 1 N–H and O–H groups in total. The molecule has 35 heavy (non-hydrogen) atoms. The minimum Gasteiger partial charge on any atom is -0.352 e. The van der Waals surface area contributed by atoms with E-state index in [2.05, 4.69) is 20.4 Å². The number of nitrogens with one attached hydrogen (secondary N) is 1. The van der Waals surface area contributed by atoms with Gasteiger partial charge in [0.15, 0.2) is 0 Å². The molecule has 1 aromatic heterocycles. The van der Waals surface area contributed by atoms with Crippen LogP contribution in [0.5, 0.6) is 0 Å². The second-order valence-corrected chi connectivity index (χ2v) is 9.44. The number of anilines is 1. The Labute approximate surface area is 205 Å². The van der Waals surface area contributed by atoms with E-state index in [9.17, 15) is 9.59 Å². The summed E-state index contributed by atoms with van der Waals surface area (Å²) >= 11 is 0. The summed E-state index contributed by atoms with van der Waals surface area (Å²) in [5, 5.41) is 7.25. The maximum absolute atomic E-state index is 12.9. The van der Waals surface area contributed by atoms with E-state index in [1.807, 2.05) is 60.4 Å². The molecule has 2 aliphatic rings. The first kappa shape index (κ1) is 23.2. The first-order valence-corrected chi connectivity index (χ1v) is 12.3. The van der Waals surface area contributed by atoms with Crippen LogP contribution in [0.1, 0.15) is 42.7 Å². The fourth-order valence-corrected chi connectivity index (χ4v) is 4.95. The topological polar surface area (TPSA) is 91.6 Å². The molecule has 182 valence electrons. The minimum absolute atomic E-state index is 0.0588. The van der Waals surface area contributed by atoms with Crippen molar-refractivity contribution in [2.75, 3.05) is 24.5 Å². The lowest BCUT2D eigenvalue weighted by Gasteiger charge is -2.30. The molecule has 5 rings (SSSR count). The number of nitrogens with zero attached hydrogens (tertiary/aromatic N) is 4. The first-order valence-electron chi connectivity index (χ1n) is 12.3. The van der Waals surface area contributed by atoms with Crippen molar-refractivity contribution in [3.63, 3.8) is 0 Å². The van der Waals surface area contributed by atoms with Crippen LogP contribution in [0, 0.1) is 12.8 Å². The highest BCUT2D eigenvalue weighted by Gasteiger charge is 2.27. The predicted octanol–water partition coefficient (Wildman–Crippen LogP) is 3.70. The van der Waals surface area contributed by atoms with Gasteiger partial charge in [0.25, 0.3) is 0 Å². The Morgan fingerprint density at radius 1 is 1.14 bits per heavy atom. The SMILES string of the molecule is Cc1ccccc1-c1noc(CN2CCCC(C(=O)NCc3cccc(N4CCCC4=O)c3)C2)n1. The molecular weight excluding hydrogens is 442 g/mol. The van der Waals surface area contributed by atoms with Crippen molar-refractivity contribution < 1.29 is 14.1 Å². The van der Waals surface area contributed by atoms with E-state index in [4.69, 9.17) is 4.52 Å². The molecule has 3 heterocycles. The van der Waals surface area contributed by atoms with Gasteiger partial charge in [-0.2, -0.15) is 4.98 Å². The molecule has 2 aromatic carbocycles. The maximum Gasteiger partial charge on any atom is 0.241 e. The van der Waals surface area contributed by atoms with Gasteiger partial charge in [-0.25, -0.2) is 0 Å². The number of hydrogen-bond donors (Lipinski definition) is 1. The molecular formula is C27H31N5O3. The Hall–Kier alpha value is -3.52. The summed E-state index contributed by atoms with van der Waals surface area (Å²) in [7, 11) is 0. The maximum atomic E-state index is 12.9. The van der Waals surface area contributed by atoms with E-state index < -0.39 is 0 Å². The smallest absolute Gasteiger partial charge is 0.241 e. The van der Waals surface area contributed by atoms with Crippen LogP contribution in [0.2, 0.25) is 0 Å². The third kappa shape index (κ3) is 5.43. The Morgan fingerprint density at radius 3 is 2.86 bits per heavy atom. The highest BCUT2D eigenvalue weighted by atomic mass is 16.5. The summed E-state index contributed by atoms with van der Waals surface area (Å²) in [4.78, 5) is 33.6. The fraction of sp³-hybridized carbons (Fsp3) is 0.407. The van der Waals surface area contributed by atoms with Crippen molar-refractivity contribution in [3.8, 4) is 11.4 Å². The lowest BCUT2D eigenvalue weighted by molar-refractivity contribution is -0.127. The zero-order valence-corrected chi connectivity index (χ0v) is 20.1. The van der Waals surface area contributed by atoms with Crippen molar-refractivity contribution in [1.82, 2.24) is 20.4 Å². The molecule has 0 bridgehead atoms. The molecule has 2 fully saturated rings. The van der Waals surface area contributed by atoms with Crippen LogP contribution in [0.4, 0.5) is 5.69 Å². The summed E-state index contributed by atoms with van der Waals surface area (Å²) in [6.45, 7) is 5.34. The van der Waals surface area contributed by atoms with Gasteiger partial charge in [0, 0.05) is 37.3 Å². The third-order valence-electron chi connectivity index (χ3n) is 6.85. The number of rotatable bonds is 7. The van der Waals surface area contributed by atoms with Crippen molar-refractivity contribution >= 4 is 17.5 Å². The molecule has 1 atom stereocenters. The molecule has 2 aliphatic heterocycles. The lowest BCUT2D eigenvalue weighted by Crippen LogP contribution is -2.42. The number of likely N-dealkylation sites (tertiary alicyclic amines) is 1. The quantitative estimate of drug-likeness (QED) is 0.563. The second kappa shape index (κ2) is 10.4. The summed E-state index contributed by atoms with van der Waals surface area (Å²) < 4.78 is 5.51. The molecule has 0 radical (unpaired) electrons. The summed E-state index contributed by atoms with van der Waals surface area (Å²) in [6.07, 6.45) is 3.32. The normalized spacial score (nSPS) is 18.7. The van der Waals surface area contributed by atoms with Gasteiger partial charge >= 0.3 is 0 Å². The zero-order chi connectivity index (χ0) is 24.2. The second-order valence-electron chi connectivity index (χ2n) is 9.44. The lowest BCUT2D eigenvalue weighted by atomic mass is 9.97. The first-order chi connectivity index (χ1) is 17.1. The Bertz CT molecular complexity index is 1210. The fourth-order valence-electron chi connectivity index (χ4n) is 4.95. The van der Waals surface area contributed by atoms with E-state index in [-0.39, 0.29) is 17.7 Å². The van der Waals surface area contributed by atoms with E-state index in [0.717, 1.165) is 54.7 Å². The highest BCUT2D eigenvalue weighted by molar-refractivity contribution is 5.95. The molecule has 3 aromatic rings. The number of hydrogen-bond acceptors (Lipinski definition) is 6. The van der Waals surface area contributed by atoms with Crippen LogP contribution in [-0.4, -0.2) is 46.5 Å². The Morgan fingerprint density at radius 2 is 2.03 bits per heavy atom. The van der Waals surface area contributed by atoms with Crippen LogP contribution in [0.15, 0.2) is 53.1 Å². The molecule has 0 aliphatic carbocycles. The molecule has 2 amide bonds. The van der Waals surface area contributed by atoms with Gasteiger partial charge < -0.3 is 14.7 Å². The van der Waals surface area contributed by atoms with Gasteiger partial charge in [-0.3, -0.25) is 14.5 Å². The number of aromatic nitrogens is 2. The van der Waals surface area contributed by atoms with Gasteiger partial charge in [-0.15, -0.1) is 0 Å². The van der Waals surface area contributed by atoms with Crippen LogP contribution in [0.25, 0.3) is 11.4 Å². The van der Waals surface area contributed by atoms with Crippen molar-refractivity contribution in [2.24, 2.45) is 5.92 Å². The molecule has 0 spiro atoms. The van der Waals surface area contributed by atoms with E-state index in [1.165, 1.54) is 0 Å². The van der Waals surface area contributed by atoms with Gasteiger partial charge in [0.2, 0.25) is 23.5 Å². The van der Waals surface area contributed by atoms with Crippen LogP contribution in [-0.2, 0) is 22.7 Å². The Kier molecular flexibility index (Phi) is 6.90. The van der Waals surface area contributed by atoms with Gasteiger partial charge in [-0.1, -0.05) is 41.6 Å². The van der Waals surface area contributed by atoms with Crippen LogP contribution < -0.4 is 10.2 Å². The molecule has 8 nitrogen and oxygen atoms in total. The van der Waals surface area contributed by atoms with Crippen LogP contribution in [0.3, 0.4) is 0 Å². The molecule has 8 heteroatoms. The number of aryl methyl sites for hydroxylation is 1. The molecule has 1 unspecified atom stereocenters. The van der Waals surface area contributed by atoms with Gasteiger partial charge in [0.1, 0.15) is 0 Å². The molecule has 0 saturated carbocycles. The number of benzene rings is 2. The third-order valence-corrected chi connectivity index (χ3v) is 6.85. The summed E-state index contributed by atoms with van der Waals surface area (Å²) in [5.41, 5.74) is 3.98. The van der Waals surface area contributed by atoms with Crippen molar-refractivity contribution in [1.29, 1.82) is 0 Å². The number of piperidine rings is 1. The number of amides is 2. The predicted molar refractivity (Wildman–Crippen MR) is 132 cm³/mol. The summed E-state index contributed by atoms with van der Waals surface area (Å²) in [5.74, 6) is 1.31. The average Bonchev–Trinajstić information content (AvgIpc) is 3.52. The largest absolute Gasteiger partial charge is 0.352 e.